The van der Waals surface area contributed by atoms with Crippen molar-refractivity contribution in [2.24, 2.45) is 4.99 Å². The lowest BCUT2D eigenvalue weighted by atomic mass is 10.0. The number of allylic oxidation sites excluding steroid dienone is 2. The van der Waals surface area contributed by atoms with Gasteiger partial charge in [0.05, 0.1) is 11.0 Å². The first-order valence-corrected chi connectivity index (χ1v) is 6.80. The van der Waals surface area contributed by atoms with Gasteiger partial charge in [-0.25, -0.2) is 4.99 Å². The first-order chi connectivity index (χ1) is 9.90. The molecule has 2 heteroatoms. The van der Waals surface area contributed by atoms with Crippen molar-refractivity contribution in [2.75, 3.05) is 0 Å². The average Bonchev–Trinajstić information content (AvgIpc) is 3.02. The molecule has 2 heterocycles. The fourth-order valence-corrected chi connectivity index (χ4v) is 3.13. The highest BCUT2D eigenvalue weighted by Crippen LogP contribution is 2.34. The minimum absolute atomic E-state index is 0.935. The first kappa shape index (κ1) is 10.2. The van der Waals surface area contributed by atoms with Crippen LogP contribution in [0.4, 0.5) is 5.69 Å². The summed E-state index contributed by atoms with van der Waals surface area (Å²) < 4.78 is 5.95. The van der Waals surface area contributed by atoms with E-state index in [1.54, 1.807) is 0 Å². The van der Waals surface area contributed by atoms with Crippen LogP contribution in [0.3, 0.4) is 0 Å². The van der Waals surface area contributed by atoms with Crippen molar-refractivity contribution < 1.29 is 4.42 Å². The summed E-state index contributed by atoms with van der Waals surface area (Å²) in [6.07, 6.45) is 7.20. The summed E-state index contributed by atoms with van der Waals surface area (Å²) in [4.78, 5) is 4.69. The molecule has 0 spiro atoms. The fraction of sp³-hybridized carbons (Fsp3) is 0.0556. The minimum Gasteiger partial charge on any atom is -0.456 e. The molecule has 20 heavy (non-hydrogen) atoms. The van der Waals surface area contributed by atoms with Gasteiger partial charge in [0, 0.05) is 28.1 Å². The number of furan rings is 1. The molecule has 0 N–H and O–H groups in total. The Kier molecular flexibility index (Phi) is 1.78. The lowest BCUT2D eigenvalue weighted by molar-refractivity contribution is 0.573. The molecule has 1 aromatic heterocycles. The maximum Gasteiger partial charge on any atom is 0.137 e. The van der Waals surface area contributed by atoms with E-state index < -0.39 is 0 Å². The minimum atomic E-state index is 0.935. The van der Waals surface area contributed by atoms with Crippen molar-refractivity contribution in [1.82, 2.24) is 0 Å². The van der Waals surface area contributed by atoms with Gasteiger partial charge in [-0.15, -0.1) is 0 Å². The third-order valence-electron chi connectivity index (χ3n) is 4.08. The summed E-state index contributed by atoms with van der Waals surface area (Å²) in [5.41, 5.74) is 6.69. The van der Waals surface area contributed by atoms with Crippen LogP contribution in [0.15, 0.2) is 58.0 Å². The molecule has 0 bridgehead atoms. The van der Waals surface area contributed by atoms with Crippen LogP contribution in [0.5, 0.6) is 0 Å². The Balaban J connectivity index is 1.92. The van der Waals surface area contributed by atoms with Crippen molar-refractivity contribution in [3.8, 4) is 11.1 Å². The molecular formula is C18H11NO. The Hall–Kier alpha value is -2.61. The number of para-hydroxylation sites is 1. The molecule has 1 aliphatic carbocycles. The number of benzene rings is 2. The SMILES string of the molecule is C1=CCc2c(oc3cc4c(cc23)-c2ccccc2N=4)=C1. The largest absolute Gasteiger partial charge is 0.456 e. The van der Waals surface area contributed by atoms with Crippen LogP contribution < -0.4 is 10.8 Å². The molecule has 0 fully saturated rings. The van der Waals surface area contributed by atoms with Crippen LogP contribution >= 0.6 is 0 Å². The average molecular weight is 257 g/mol. The summed E-state index contributed by atoms with van der Waals surface area (Å²) in [5, 5.41) is 2.23. The molecule has 2 aromatic carbocycles. The lowest BCUT2D eigenvalue weighted by Gasteiger charge is -2.00. The van der Waals surface area contributed by atoms with Gasteiger partial charge in [0.1, 0.15) is 11.0 Å². The predicted octanol–water partition coefficient (Wildman–Crippen LogP) is 3.26. The molecule has 3 aromatic rings. The second-order valence-electron chi connectivity index (χ2n) is 5.24. The second-order valence-corrected chi connectivity index (χ2v) is 5.24. The van der Waals surface area contributed by atoms with Crippen LogP contribution in [0, 0.1) is 0 Å². The van der Waals surface area contributed by atoms with Crippen LogP contribution in [-0.4, -0.2) is 0 Å². The molecule has 0 unspecified atom stereocenters. The molecule has 2 nitrogen and oxygen atoms in total. The third kappa shape index (κ3) is 1.21. The summed E-state index contributed by atoms with van der Waals surface area (Å²) >= 11 is 0. The smallest absolute Gasteiger partial charge is 0.137 e. The van der Waals surface area contributed by atoms with Crippen molar-refractivity contribution in [1.29, 1.82) is 0 Å². The van der Waals surface area contributed by atoms with E-state index in [1.807, 2.05) is 12.1 Å². The van der Waals surface area contributed by atoms with E-state index in [9.17, 15) is 0 Å². The Morgan fingerprint density at radius 1 is 1.05 bits per heavy atom. The van der Waals surface area contributed by atoms with Crippen LogP contribution in [0.1, 0.15) is 5.56 Å². The highest BCUT2D eigenvalue weighted by atomic mass is 16.3. The van der Waals surface area contributed by atoms with E-state index in [4.69, 9.17) is 4.42 Å². The Labute approximate surface area is 115 Å². The third-order valence-corrected chi connectivity index (χ3v) is 4.08. The summed E-state index contributed by atoms with van der Waals surface area (Å²) in [6.45, 7) is 0. The van der Waals surface area contributed by atoms with Gasteiger partial charge in [-0.1, -0.05) is 30.4 Å². The van der Waals surface area contributed by atoms with E-state index in [0.717, 1.165) is 28.5 Å². The molecule has 0 radical (unpaired) electrons. The Bertz CT molecular complexity index is 1020. The number of rotatable bonds is 0. The molecule has 2 aliphatic rings. The quantitative estimate of drug-likeness (QED) is 0.474. The molecule has 5 rings (SSSR count). The van der Waals surface area contributed by atoms with Crippen LogP contribution in [0.2, 0.25) is 0 Å². The monoisotopic (exact) mass is 257 g/mol. The molecule has 0 atom stereocenters. The normalized spacial score (nSPS) is 14.4. The van der Waals surface area contributed by atoms with Crippen LogP contribution in [-0.2, 0) is 6.42 Å². The van der Waals surface area contributed by atoms with E-state index in [0.29, 0.717) is 0 Å². The molecule has 0 saturated heterocycles. The zero-order valence-electron chi connectivity index (χ0n) is 10.8. The van der Waals surface area contributed by atoms with Crippen molar-refractivity contribution >= 4 is 22.7 Å². The van der Waals surface area contributed by atoms with Gasteiger partial charge in [0.25, 0.3) is 0 Å². The molecule has 0 saturated carbocycles. The zero-order valence-corrected chi connectivity index (χ0v) is 10.8. The Morgan fingerprint density at radius 2 is 2.00 bits per heavy atom. The standard InChI is InChI=1S/C18H11NO/c1-3-7-15-11(5-1)13-9-14-12-6-2-4-8-17(12)20-18(14)10-16(13)19-15/h1-5,7-10H,6H2. The lowest BCUT2D eigenvalue weighted by Crippen LogP contribution is -2.05. The van der Waals surface area contributed by atoms with E-state index in [-0.39, 0.29) is 0 Å². The van der Waals surface area contributed by atoms with Gasteiger partial charge >= 0.3 is 0 Å². The van der Waals surface area contributed by atoms with Gasteiger partial charge in [-0.3, -0.25) is 0 Å². The van der Waals surface area contributed by atoms with Crippen LogP contribution in [0.25, 0.3) is 28.2 Å². The predicted molar refractivity (Wildman–Crippen MR) is 79.4 cm³/mol. The molecule has 1 aliphatic heterocycles. The highest BCUT2D eigenvalue weighted by molar-refractivity contribution is 5.90. The molecular weight excluding hydrogens is 246 g/mol. The van der Waals surface area contributed by atoms with E-state index in [2.05, 4.69) is 47.5 Å². The molecule has 94 valence electrons. The van der Waals surface area contributed by atoms with Crippen molar-refractivity contribution in [3.05, 3.63) is 64.9 Å². The topological polar surface area (TPSA) is 25.5 Å². The van der Waals surface area contributed by atoms with E-state index in [1.165, 1.54) is 22.1 Å². The van der Waals surface area contributed by atoms with Gasteiger partial charge in [0.15, 0.2) is 0 Å². The number of hydrogen-bond acceptors (Lipinski definition) is 2. The summed E-state index contributed by atoms with van der Waals surface area (Å²) in [7, 11) is 0. The second kappa shape index (κ2) is 3.48. The number of fused-ring (bicyclic) bond motifs is 6. The zero-order chi connectivity index (χ0) is 13.1. The highest BCUT2D eigenvalue weighted by Gasteiger charge is 2.17. The van der Waals surface area contributed by atoms with Gasteiger partial charge < -0.3 is 4.42 Å². The maximum atomic E-state index is 5.95. The van der Waals surface area contributed by atoms with Crippen molar-refractivity contribution in [3.63, 3.8) is 0 Å². The summed E-state index contributed by atoms with van der Waals surface area (Å²) in [5.74, 6) is 0. The van der Waals surface area contributed by atoms with Gasteiger partial charge in [-0.2, -0.15) is 0 Å². The first-order valence-electron chi connectivity index (χ1n) is 6.80. The number of hydrogen-bond donors (Lipinski definition) is 0. The van der Waals surface area contributed by atoms with Crippen molar-refractivity contribution in [2.45, 2.75) is 6.42 Å². The summed E-state index contributed by atoms with van der Waals surface area (Å²) in [6, 6.07) is 12.6. The van der Waals surface area contributed by atoms with E-state index >= 15 is 0 Å². The van der Waals surface area contributed by atoms with Gasteiger partial charge in [-0.05, 0) is 24.6 Å². The molecule has 0 amide bonds. The maximum absolute atomic E-state index is 5.95. The van der Waals surface area contributed by atoms with Gasteiger partial charge in [0.2, 0.25) is 0 Å². The Morgan fingerprint density at radius 3 is 3.00 bits per heavy atom. The fourth-order valence-electron chi connectivity index (χ4n) is 3.13. The number of nitrogens with zero attached hydrogens (tertiary/aromatic N) is 1.